The normalized spacial score (nSPS) is 17.5. The molecule has 0 aliphatic rings. The fraction of sp³-hybridized carbons (Fsp3) is 0.727. The maximum atomic E-state index is 11.9. The number of amides is 2. The molecule has 0 aromatic rings. The zero-order valence-electron chi connectivity index (χ0n) is 13.9. The second kappa shape index (κ2) is 9.25. The van der Waals surface area contributed by atoms with Gasteiger partial charge in [0, 0.05) is 12.0 Å². The summed E-state index contributed by atoms with van der Waals surface area (Å²) in [6.45, 7) is 2.57. The highest BCUT2D eigenvalue weighted by molar-refractivity contribution is 7.95. The molecule has 0 spiro atoms. The van der Waals surface area contributed by atoms with Gasteiger partial charge >= 0.3 is 13.7 Å². The van der Waals surface area contributed by atoms with E-state index in [1.54, 1.807) is 0 Å². The summed E-state index contributed by atoms with van der Waals surface area (Å²) in [5, 5.41) is 13.1. The fourth-order valence-electron chi connectivity index (χ4n) is 1.53. The van der Waals surface area contributed by atoms with Crippen molar-refractivity contribution in [2.45, 2.75) is 38.4 Å². The highest BCUT2D eigenvalue weighted by Crippen LogP contribution is 2.37. The van der Waals surface area contributed by atoms with Crippen LogP contribution in [-0.2, 0) is 28.7 Å². The van der Waals surface area contributed by atoms with Crippen molar-refractivity contribution in [1.82, 2.24) is 10.6 Å². The number of aliphatic carboxylic acids is 1. The van der Waals surface area contributed by atoms with E-state index in [2.05, 4.69) is 14.8 Å². The minimum absolute atomic E-state index is 0.190. The van der Waals surface area contributed by atoms with E-state index in [0.717, 1.165) is 6.26 Å². The van der Waals surface area contributed by atoms with Crippen LogP contribution in [0.3, 0.4) is 0 Å². The van der Waals surface area contributed by atoms with E-state index in [0.29, 0.717) is 0 Å². The van der Waals surface area contributed by atoms with Gasteiger partial charge in [-0.15, -0.1) is 4.13 Å². The van der Waals surface area contributed by atoms with Gasteiger partial charge < -0.3 is 31.3 Å². The molecule has 0 aromatic carbocycles. The van der Waals surface area contributed by atoms with Gasteiger partial charge in [0.2, 0.25) is 11.8 Å². The quantitative estimate of drug-likeness (QED) is 0.235. The molecule has 0 fully saturated rings. The third-order valence-corrected chi connectivity index (χ3v) is 6.13. The predicted molar refractivity (Wildman–Crippen MR) is 88.8 cm³/mol. The average molecular weight is 402 g/mol. The molecule has 0 heterocycles. The minimum atomic E-state index is -4.82. The molecule has 0 aliphatic carbocycles. The molecular formula is C11H23N4O8PS. The Labute approximate surface area is 144 Å². The molecule has 14 heteroatoms. The summed E-state index contributed by atoms with van der Waals surface area (Å²) in [5.74, 6) is -3.07. The molecule has 0 saturated carbocycles. The lowest BCUT2D eigenvalue weighted by atomic mass is 10.2. The first-order valence-electron chi connectivity index (χ1n) is 7.00. The number of nitrogens with two attached hydrogens (primary N) is 1. The lowest BCUT2D eigenvalue weighted by molar-refractivity contribution is -0.141. The second-order valence-corrected chi connectivity index (χ2v) is 9.46. The number of hydrogen-bond donors (Lipinski definition) is 6. The van der Waals surface area contributed by atoms with Crippen LogP contribution in [0.5, 0.6) is 0 Å². The zero-order chi connectivity index (χ0) is 20.0. The first-order valence-corrected chi connectivity index (χ1v) is 10.7. The van der Waals surface area contributed by atoms with Crippen molar-refractivity contribution in [3.8, 4) is 0 Å². The molecule has 0 aliphatic heterocycles. The third kappa shape index (κ3) is 10.1. The van der Waals surface area contributed by atoms with Gasteiger partial charge in [0.1, 0.15) is 12.1 Å². The van der Waals surface area contributed by atoms with E-state index < -0.39 is 53.4 Å². The highest BCUT2D eigenvalue weighted by atomic mass is 32.2. The fourth-order valence-corrected chi connectivity index (χ4v) is 4.35. The van der Waals surface area contributed by atoms with Gasteiger partial charge in [0.05, 0.1) is 15.8 Å². The van der Waals surface area contributed by atoms with Crippen LogP contribution in [0.4, 0.5) is 0 Å². The number of nitrogens with zero attached hydrogens (tertiary/aromatic N) is 1. The van der Waals surface area contributed by atoms with E-state index in [-0.39, 0.29) is 12.2 Å². The summed E-state index contributed by atoms with van der Waals surface area (Å²) in [5.41, 5.74) is 5.59. The van der Waals surface area contributed by atoms with Crippen molar-refractivity contribution in [2.24, 2.45) is 9.87 Å². The van der Waals surface area contributed by atoms with Crippen LogP contribution in [0.2, 0.25) is 0 Å². The van der Waals surface area contributed by atoms with Crippen molar-refractivity contribution >= 4 is 35.3 Å². The van der Waals surface area contributed by atoms with E-state index in [9.17, 15) is 23.2 Å². The number of hydrogen-bond acceptors (Lipinski definition) is 6. The Morgan fingerprint density at radius 1 is 1.16 bits per heavy atom. The highest BCUT2D eigenvalue weighted by Gasteiger charge is 2.24. The molecular weight excluding hydrogens is 379 g/mol. The number of carboxylic acid groups (broad SMARTS) is 1. The smallest absolute Gasteiger partial charge is 0.456 e. The van der Waals surface area contributed by atoms with Crippen molar-refractivity contribution in [1.29, 1.82) is 0 Å². The van der Waals surface area contributed by atoms with Gasteiger partial charge in [-0.3, -0.25) is 14.4 Å². The van der Waals surface area contributed by atoms with Crippen LogP contribution in [0, 0.1) is 0 Å². The molecule has 0 radical (unpaired) electrons. The Balaban J connectivity index is 4.64. The van der Waals surface area contributed by atoms with Crippen molar-refractivity contribution in [3.05, 3.63) is 0 Å². The lowest BCUT2D eigenvalue weighted by Gasteiger charge is -2.18. The number of carbonyl (C=O) groups excluding carboxylic acids is 2. The van der Waals surface area contributed by atoms with Gasteiger partial charge in [-0.1, -0.05) is 0 Å². The number of carboxylic acids is 1. The average Bonchev–Trinajstić information content (AvgIpc) is 2.41. The number of nitrogens with one attached hydrogen (secondary N) is 2. The standard InChI is InChI=1S/C11H23N4O8PS/c1-6(9(16)14-7(2)11(18)19)13-10(17)8(12)4-5-25(3,23)15-24(20,21)22/h6-8H,4-5,12H2,1-3H3,(H,13,17)(H,14,16)(H,18,19)(H2,20,21,22)/t6-,7-,8-,25+/m0/s1. The largest absolute Gasteiger partial charge is 0.480 e. The maximum absolute atomic E-state index is 11.9. The molecule has 4 atom stereocenters. The van der Waals surface area contributed by atoms with E-state index in [4.69, 9.17) is 20.6 Å². The summed E-state index contributed by atoms with van der Waals surface area (Å²) in [6.07, 6.45) is 0.838. The molecule has 2 amide bonds. The Morgan fingerprint density at radius 3 is 2.08 bits per heavy atom. The van der Waals surface area contributed by atoms with Crippen LogP contribution in [0.25, 0.3) is 0 Å². The summed E-state index contributed by atoms with van der Waals surface area (Å²) in [6, 6.07) is -3.40. The Bertz CT molecular complexity index is 684. The SMILES string of the molecule is C[C@H](NC(=O)[C@H](C)NC(=O)[C@@H](N)CC[S@@](C)(=O)=NP(=O)(O)O)C(=O)O. The first-order chi connectivity index (χ1) is 11.1. The van der Waals surface area contributed by atoms with Gasteiger partial charge in [0.25, 0.3) is 0 Å². The molecule has 0 aromatic heterocycles. The van der Waals surface area contributed by atoms with Crippen LogP contribution in [0.1, 0.15) is 20.3 Å². The van der Waals surface area contributed by atoms with E-state index in [1.165, 1.54) is 13.8 Å². The monoisotopic (exact) mass is 402 g/mol. The van der Waals surface area contributed by atoms with Crippen LogP contribution in [-0.4, -0.2) is 67.0 Å². The van der Waals surface area contributed by atoms with Crippen molar-refractivity contribution < 1.29 is 38.1 Å². The molecule has 12 nitrogen and oxygen atoms in total. The third-order valence-electron chi connectivity index (χ3n) is 2.90. The molecule has 0 unspecified atom stereocenters. The van der Waals surface area contributed by atoms with Crippen molar-refractivity contribution in [2.75, 3.05) is 12.0 Å². The Kier molecular flexibility index (Phi) is 8.68. The van der Waals surface area contributed by atoms with E-state index >= 15 is 0 Å². The van der Waals surface area contributed by atoms with Gasteiger partial charge in [-0.2, -0.15) is 0 Å². The lowest BCUT2D eigenvalue weighted by Crippen LogP contribution is -2.52. The molecule has 0 saturated heterocycles. The maximum Gasteiger partial charge on any atom is 0.456 e. The van der Waals surface area contributed by atoms with Gasteiger partial charge in [-0.05, 0) is 20.3 Å². The summed E-state index contributed by atoms with van der Waals surface area (Å²) in [7, 11) is -8.05. The van der Waals surface area contributed by atoms with E-state index in [1.807, 2.05) is 0 Å². The van der Waals surface area contributed by atoms with Gasteiger partial charge in [0.15, 0.2) is 0 Å². The number of carbonyl (C=O) groups is 3. The van der Waals surface area contributed by atoms with Crippen LogP contribution < -0.4 is 16.4 Å². The van der Waals surface area contributed by atoms with Crippen LogP contribution in [0.15, 0.2) is 4.13 Å². The summed E-state index contributed by atoms with van der Waals surface area (Å²) < 4.78 is 25.5. The topological polar surface area (TPSA) is 208 Å². The summed E-state index contributed by atoms with van der Waals surface area (Å²) in [4.78, 5) is 51.6. The van der Waals surface area contributed by atoms with Crippen LogP contribution >= 0.6 is 7.75 Å². The predicted octanol–water partition coefficient (Wildman–Crippen LogP) is -2.01. The Morgan fingerprint density at radius 2 is 1.64 bits per heavy atom. The first kappa shape index (κ1) is 23.5. The number of rotatable bonds is 9. The molecule has 146 valence electrons. The molecule has 25 heavy (non-hydrogen) atoms. The molecule has 0 rings (SSSR count). The summed E-state index contributed by atoms with van der Waals surface area (Å²) >= 11 is 0. The van der Waals surface area contributed by atoms with Crippen molar-refractivity contribution in [3.63, 3.8) is 0 Å². The molecule has 0 bridgehead atoms. The second-order valence-electron chi connectivity index (χ2n) is 5.45. The zero-order valence-corrected chi connectivity index (χ0v) is 15.6. The molecule has 7 N–H and O–H groups in total. The minimum Gasteiger partial charge on any atom is -0.480 e. The Hall–Kier alpha value is -1.53. The van der Waals surface area contributed by atoms with Gasteiger partial charge in [-0.25, -0.2) is 8.77 Å².